The van der Waals surface area contributed by atoms with Gasteiger partial charge in [0, 0.05) is 19.2 Å². The molecule has 0 aliphatic carbocycles. The van der Waals surface area contributed by atoms with Gasteiger partial charge in [-0.15, -0.1) is 0 Å². The van der Waals surface area contributed by atoms with E-state index >= 15 is 0 Å². The standard InChI is InChI=1S/C24H21FN2O2/c1-27(17-19-8-4-2-5-9-19)24(29)22(16-18-12-14-21(25)15-13-18)26-23(28)20-10-6-3-7-11-20/h2-16H,17H2,1H3,(H,26,28)/b22-16+. The first-order valence-electron chi connectivity index (χ1n) is 9.16. The molecule has 0 saturated heterocycles. The van der Waals surface area contributed by atoms with Gasteiger partial charge in [-0.25, -0.2) is 4.39 Å². The Kier molecular flexibility index (Phi) is 6.53. The molecule has 29 heavy (non-hydrogen) atoms. The predicted octanol–water partition coefficient (Wildman–Crippen LogP) is 4.26. The highest BCUT2D eigenvalue weighted by atomic mass is 19.1. The first kappa shape index (κ1) is 20.0. The summed E-state index contributed by atoms with van der Waals surface area (Å²) >= 11 is 0. The van der Waals surface area contributed by atoms with E-state index in [1.807, 2.05) is 36.4 Å². The molecule has 0 aliphatic rings. The first-order valence-corrected chi connectivity index (χ1v) is 9.16. The Labute approximate surface area is 169 Å². The van der Waals surface area contributed by atoms with Gasteiger partial charge in [0.05, 0.1) is 0 Å². The molecule has 0 aromatic heterocycles. The van der Waals surface area contributed by atoms with Gasteiger partial charge in [-0.3, -0.25) is 9.59 Å². The third-order valence-corrected chi connectivity index (χ3v) is 4.30. The average Bonchev–Trinajstić information content (AvgIpc) is 2.75. The summed E-state index contributed by atoms with van der Waals surface area (Å²) in [6.07, 6.45) is 1.55. The van der Waals surface area contributed by atoms with E-state index in [0.717, 1.165) is 5.56 Å². The normalized spacial score (nSPS) is 11.0. The molecule has 146 valence electrons. The molecule has 3 aromatic carbocycles. The first-order chi connectivity index (χ1) is 14.0. The molecular formula is C24H21FN2O2. The molecule has 0 heterocycles. The Balaban J connectivity index is 1.86. The van der Waals surface area contributed by atoms with Gasteiger partial charge in [-0.1, -0.05) is 60.7 Å². The van der Waals surface area contributed by atoms with Crippen LogP contribution in [0.2, 0.25) is 0 Å². The third kappa shape index (κ3) is 5.62. The van der Waals surface area contributed by atoms with Gasteiger partial charge in [0.2, 0.25) is 0 Å². The second-order valence-corrected chi connectivity index (χ2v) is 6.58. The van der Waals surface area contributed by atoms with E-state index in [1.54, 1.807) is 49.5 Å². The monoisotopic (exact) mass is 388 g/mol. The molecule has 0 saturated carbocycles. The summed E-state index contributed by atoms with van der Waals surface area (Å²) in [5.41, 5.74) is 2.13. The van der Waals surface area contributed by atoms with Crippen LogP contribution in [0.4, 0.5) is 4.39 Å². The lowest BCUT2D eigenvalue weighted by molar-refractivity contribution is -0.126. The molecule has 0 atom stereocenters. The van der Waals surface area contributed by atoms with Crippen LogP contribution >= 0.6 is 0 Å². The van der Waals surface area contributed by atoms with Crippen molar-refractivity contribution in [2.75, 3.05) is 7.05 Å². The lowest BCUT2D eigenvalue weighted by Gasteiger charge is -2.20. The van der Waals surface area contributed by atoms with Gasteiger partial charge >= 0.3 is 0 Å². The SMILES string of the molecule is CN(Cc1ccccc1)C(=O)/C(=C\c1ccc(F)cc1)NC(=O)c1ccccc1. The maximum atomic E-state index is 13.2. The number of halogens is 1. The van der Waals surface area contributed by atoms with Gasteiger partial charge in [-0.2, -0.15) is 0 Å². The quantitative estimate of drug-likeness (QED) is 0.642. The summed E-state index contributed by atoms with van der Waals surface area (Å²) in [7, 11) is 1.67. The molecular weight excluding hydrogens is 367 g/mol. The van der Waals surface area contributed by atoms with Gasteiger partial charge in [0.15, 0.2) is 0 Å². The number of benzene rings is 3. The molecule has 4 nitrogen and oxygen atoms in total. The van der Waals surface area contributed by atoms with E-state index in [-0.39, 0.29) is 23.3 Å². The number of carbonyl (C=O) groups is 2. The molecule has 0 unspecified atom stereocenters. The minimum absolute atomic E-state index is 0.115. The van der Waals surface area contributed by atoms with Crippen LogP contribution in [0.15, 0.2) is 90.6 Å². The largest absolute Gasteiger partial charge is 0.336 e. The van der Waals surface area contributed by atoms with Gasteiger partial charge in [0.25, 0.3) is 11.8 Å². The number of hydrogen-bond acceptors (Lipinski definition) is 2. The fourth-order valence-corrected chi connectivity index (χ4v) is 2.80. The number of amides is 2. The zero-order valence-corrected chi connectivity index (χ0v) is 16.0. The van der Waals surface area contributed by atoms with Crippen LogP contribution < -0.4 is 5.32 Å². The molecule has 0 aliphatic heterocycles. The van der Waals surface area contributed by atoms with Crippen LogP contribution in [0.5, 0.6) is 0 Å². The van der Waals surface area contributed by atoms with E-state index < -0.39 is 0 Å². The summed E-state index contributed by atoms with van der Waals surface area (Å²) in [5, 5.41) is 2.70. The lowest BCUT2D eigenvalue weighted by atomic mass is 10.1. The van der Waals surface area contributed by atoms with E-state index in [2.05, 4.69) is 5.32 Å². The fourth-order valence-electron chi connectivity index (χ4n) is 2.80. The summed E-state index contributed by atoms with van der Waals surface area (Å²) in [5.74, 6) is -1.10. The summed E-state index contributed by atoms with van der Waals surface area (Å²) < 4.78 is 13.2. The molecule has 0 spiro atoms. The van der Waals surface area contributed by atoms with Crippen molar-refractivity contribution in [1.29, 1.82) is 0 Å². The fraction of sp³-hybridized carbons (Fsp3) is 0.0833. The van der Waals surface area contributed by atoms with E-state index in [4.69, 9.17) is 0 Å². The topological polar surface area (TPSA) is 49.4 Å². The van der Waals surface area contributed by atoms with Crippen LogP contribution in [0.25, 0.3) is 6.08 Å². The van der Waals surface area contributed by atoms with Crippen LogP contribution in [0.1, 0.15) is 21.5 Å². The molecule has 0 bridgehead atoms. The van der Waals surface area contributed by atoms with Crippen molar-refractivity contribution in [3.05, 3.63) is 113 Å². The Morgan fingerprint density at radius 1 is 0.897 bits per heavy atom. The molecule has 5 heteroatoms. The van der Waals surface area contributed by atoms with Crippen LogP contribution in [-0.2, 0) is 11.3 Å². The van der Waals surface area contributed by atoms with Crippen molar-refractivity contribution in [2.45, 2.75) is 6.54 Å². The van der Waals surface area contributed by atoms with Crippen LogP contribution in [0.3, 0.4) is 0 Å². The Bertz CT molecular complexity index is 1000. The van der Waals surface area contributed by atoms with Crippen LogP contribution in [-0.4, -0.2) is 23.8 Å². The van der Waals surface area contributed by atoms with E-state index in [9.17, 15) is 14.0 Å². The maximum absolute atomic E-state index is 13.2. The minimum atomic E-state index is -0.388. The lowest BCUT2D eigenvalue weighted by Crippen LogP contribution is -2.35. The second kappa shape index (κ2) is 9.46. The van der Waals surface area contributed by atoms with Crippen molar-refractivity contribution >= 4 is 17.9 Å². The number of nitrogens with zero attached hydrogens (tertiary/aromatic N) is 1. The van der Waals surface area contributed by atoms with Crippen molar-refractivity contribution < 1.29 is 14.0 Å². The molecule has 0 fully saturated rings. The molecule has 1 N–H and O–H groups in total. The van der Waals surface area contributed by atoms with Crippen molar-refractivity contribution in [3.8, 4) is 0 Å². The number of hydrogen-bond donors (Lipinski definition) is 1. The number of nitrogens with one attached hydrogen (secondary N) is 1. The molecule has 0 radical (unpaired) electrons. The highest BCUT2D eigenvalue weighted by Crippen LogP contribution is 2.12. The molecule has 3 aromatic rings. The van der Waals surface area contributed by atoms with Crippen LogP contribution in [0, 0.1) is 5.82 Å². The second-order valence-electron chi connectivity index (χ2n) is 6.58. The Hall–Kier alpha value is -3.73. The Morgan fingerprint density at radius 3 is 2.10 bits per heavy atom. The van der Waals surface area contributed by atoms with Gasteiger partial charge in [-0.05, 0) is 41.5 Å². The maximum Gasteiger partial charge on any atom is 0.270 e. The predicted molar refractivity (Wildman–Crippen MR) is 111 cm³/mol. The number of carbonyl (C=O) groups excluding carboxylic acids is 2. The summed E-state index contributed by atoms with van der Waals surface area (Å²) in [4.78, 5) is 27.2. The molecule has 3 rings (SSSR count). The van der Waals surface area contributed by atoms with Crippen molar-refractivity contribution in [1.82, 2.24) is 10.2 Å². The highest BCUT2D eigenvalue weighted by Gasteiger charge is 2.18. The summed E-state index contributed by atoms with van der Waals surface area (Å²) in [6.45, 7) is 0.391. The highest BCUT2D eigenvalue weighted by molar-refractivity contribution is 6.05. The Morgan fingerprint density at radius 2 is 1.48 bits per heavy atom. The number of likely N-dealkylation sites (N-methyl/N-ethyl adjacent to an activating group) is 1. The molecule has 2 amide bonds. The average molecular weight is 388 g/mol. The van der Waals surface area contributed by atoms with Crippen molar-refractivity contribution in [3.63, 3.8) is 0 Å². The van der Waals surface area contributed by atoms with E-state index in [0.29, 0.717) is 17.7 Å². The number of rotatable bonds is 6. The summed E-state index contributed by atoms with van der Waals surface area (Å²) in [6, 6.07) is 23.9. The third-order valence-electron chi connectivity index (χ3n) is 4.30. The minimum Gasteiger partial charge on any atom is -0.336 e. The van der Waals surface area contributed by atoms with Gasteiger partial charge < -0.3 is 10.2 Å². The zero-order valence-electron chi connectivity index (χ0n) is 16.0. The van der Waals surface area contributed by atoms with Gasteiger partial charge in [0.1, 0.15) is 11.5 Å². The van der Waals surface area contributed by atoms with E-state index in [1.165, 1.54) is 17.0 Å². The smallest absolute Gasteiger partial charge is 0.270 e. The zero-order chi connectivity index (χ0) is 20.6. The van der Waals surface area contributed by atoms with Crippen molar-refractivity contribution in [2.24, 2.45) is 0 Å².